The number of benzene rings is 2. The maximum absolute atomic E-state index is 13.9. The van der Waals surface area contributed by atoms with Gasteiger partial charge in [0.2, 0.25) is 0 Å². The molecule has 0 saturated carbocycles. The Balaban J connectivity index is 1.64. The van der Waals surface area contributed by atoms with E-state index < -0.39 is 12.0 Å². The van der Waals surface area contributed by atoms with E-state index in [1.54, 1.807) is 37.7 Å². The number of esters is 1. The molecule has 204 valence electrons. The summed E-state index contributed by atoms with van der Waals surface area (Å²) in [5.74, 6) is 0.409. The van der Waals surface area contributed by atoms with Crippen LogP contribution in [0.1, 0.15) is 31.0 Å². The van der Waals surface area contributed by atoms with Gasteiger partial charge >= 0.3 is 5.97 Å². The van der Waals surface area contributed by atoms with Crippen molar-refractivity contribution in [2.24, 2.45) is 4.99 Å². The SMILES string of the molecule is CCOC(=O)C1=C(C)N=c2sc(=Cc3ccc(N4CCOCC4)cc3)c(=O)n2C1c1cccc(OC)c1OC. The number of rotatable bonds is 7. The Hall–Kier alpha value is -3.89. The van der Waals surface area contributed by atoms with E-state index in [1.807, 2.05) is 24.3 Å². The van der Waals surface area contributed by atoms with Gasteiger partial charge in [0.05, 0.1) is 49.8 Å². The molecule has 5 rings (SSSR count). The van der Waals surface area contributed by atoms with Gasteiger partial charge in [0, 0.05) is 24.3 Å². The van der Waals surface area contributed by atoms with Crippen molar-refractivity contribution in [3.8, 4) is 11.5 Å². The number of carbonyl (C=O) groups excluding carboxylic acids is 1. The summed E-state index contributed by atoms with van der Waals surface area (Å²) in [6.45, 7) is 6.84. The molecule has 0 spiro atoms. The first-order chi connectivity index (χ1) is 19.0. The maximum Gasteiger partial charge on any atom is 0.338 e. The molecule has 1 atom stereocenters. The number of para-hydroxylation sites is 1. The standard InChI is InChI=1S/C29H31N3O6S/c1-5-38-28(34)24-18(2)30-29-32(25(24)21-7-6-8-22(35-3)26(21)36-4)27(33)23(39-29)17-19-9-11-20(12-10-19)31-13-15-37-16-14-31/h6-12,17,25H,5,13-16H2,1-4H3. The van der Waals surface area contributed by atoms with E-state index in [2.05, 4.69) is 22.0 Å². The number of fused-ring (bicyclic) bond motifs is 1. The van der Waals surface area contributed by atoms with Gasteiger partial charge in [0.25, 0.3) is 5.56 Å². The Morgan fingerprint density at radius 2 is 1.87 bits per heavy atom. The highest BCUT2D eigenvalue weighted by atomic mass is 32.1. The van der Waals surface area contributed by atoms with Crippen molar-refractivity contribution in [1.82, 2.24) is 4.57 Å². The average molecular weight is 550 g/mol. The van der Waals surface area contributed by atoms with E-state index in [0.29, 0.717) is 32.1 Å². The van der Waals surface area contributed by atoms with Crippen molar-refractivity contribution in [2.45, 2.75) is 19.9 Å². The van der Waals surface area contributed by atoms with Crippen LogP contribution < -0.4 is 29.3 Å². The minimum atomic E-state index is -0.795. The molecule has 9 nitrogen and oxygen atoms in total. The fourth-order valence-corrected chi connectivity index (χ4v) is 6.01. The van der Waals surface area contributed by atoms with E-state index in [9.17, 15) is 9.59 Å². The highest BCUT2D eigenvalue weighted by molar-refractivity contribution is 7.07. The van der Waals surface area contributed by atoms with Crippen molar-refractivity contribution in [2.75, 3.05) is 52.0 Å². The molecular weight excluding hydrogens is 518 g/mol. The molecule has 1 saturated heterocycles. The topological polar surface area (TPSA) is 91.6 Å². The summed E-state index contributed by atoms with van der Waals surface area (Å²) in [4.78, 5) is 34.5. The van der Waals surface area contributed by atoms with Crippen molar-refractivity contribution in [3.63, 3.8) is 0 Å². The van der Waals surface area contributed by atoms with Gasteiger partial charge in [0.1, 0.15) is 6.04 Å². The van der Waals surface area contributed by atoms with Crippen LogP contribution in [-0.2, 0) is 14.3 Å². The molecule has 2 aliphatic heterocycles. The monoisotopic (exact) mass is 549 g/mol. The van der Waals surface area contributed by atoms with Crippen molar-refractivity contribution < 1.29 is 23.7 Å². The predicted octanol–water partition coefficient (Wildman–Crippen LogP) is 2.65. The number of carbonyl (C=O) groups is 1. The summed E-state index contributed by atoms with van der Waals surface area (Å²) in [7, 11) is 3.08. The van der Waals surface area contributed by atoms with Crippen molar-refractivity contribution >= 4 is 29.1 Å². The molecule has 39 heavy (non-hydrogen) atoms. The third-order valence-corrected chi connectivity index (χ3v) is 7.80. The van der Waals surface area contributed by atoms with Gasteiger partial charge in [-0.05, 0) is 43.7 Å². The summed E-state index contributed by atoms with van der Waals surface area (Å²) in [6, 6.07) is 12.7. The Bertz CT molecular complexity index is 1580. The highest BCUT2D eigenvalue weighted by Crippen LogP contribution is 2.40. The van der Waals surface area contributed by atoms with Crippen LogP contribution in [0.25, 0.3) is 6.08 Å². The third kappa shape index (κ3) is 5.09. The zero-order chi connectivity index (χ0) is 27.5. The van der Waals surface area contributed by atoms with E-state index >= 15 is 0 Å². The molecule has 10 heteroatoms. The van der Waals surface area contributed by atoms with Crippen LogP contribution in [0.4, 0.5) is 5.69 Å². The lowest BCUT2D eigenvalue weighted by Crippen LogP contribution is -2.40. The van der Waals surface area contributed by atoms with Crippen LogP contribution in [0.3, 0.4) is 0 Å². The van der Waals surface area contributed by atoms with Gasteiger partial charge < -0.3 is 23.8 Å². The molecule has 0 aliphatic carbocycles. The molecule has 2 aromatic carbocycles. The minimum absolute atomic E-state index is 0.197. The summed E-state index contributed by atoms with van der Waals surface area (Å²) in [6.07, 6.45) is 1.86. The zero-order valence-electron chi connectivity index (χ0n) is 22.4. The number of aromatic nitrogens is 1. The van der Waals surface area contributed by atoms with E-state index in [1.165, 1.54) is 18.4 Å². The minimum Gasteiger partial charge on any atom is -0.493 e. The second kappa shape index (κ2) is 11.5. The first-order valence-corrected chi connectivity index (χ1v) is 13.6. The number of ether oxygens (including phenoxy) is 4. The number of methoxy groups -OCH3 is 2. The van der Waals surface area contributed by atoms with Gasteiger partial charge in [-0.1, -0.05) is 35.6 Å². The lowest BCUT2D eigenvalue weighted by Gasteiger charge is -2.28. The lowest BCUT2D eigenvalue weighted by molar-refractivity contribution is -0.139. The molecule has 1 unspecified atom stereocenters. The number of nitrogens with zero attached hydrogens (tertiary/aromatic N) is 3. The number of anilines is 1. The second-order valence-electron chi connectivity index (χ2n) is 9.08. The lowest BCUT2D eigenvalue weighted by atomic mass is 9.94. The van der Waals surface area contributed by atoms with Crippen LogP contribution >= 0.6 is 11.3 Å². The van der Waals surface area contributed by atoms with Gasteiger partial charge in [-0.15, -0.1) is 0 Å². The molecule has 3 heterocycles. The third-order valence-electron chi connectivity index (χ3n) is 6.81. The molecule has 1 aromatic heterocycles. The molecule has 2 aliphatic rings. The average Bonchev–Trinajstić information content (AvgIpc) is 3.26. The van der Waals surface area contributed by atoms with E-state index in [0.717, 1.165) is 37.6 Å². The van der Waals surface area contributed by atoms with E-state index in [4.69, 9.17) is 18.9 Å². The fraction of sp³-hybridized carbons (Fsp3) is 0.345. The zero-order valence-corrected chi connectivity index (χ0v) is 23.2. The maximum atomic E-state index is 13.9. The van der Waals surface area contributed by atoms with E-state index in [-0.39, 0.29) is 17.7 Å². The smallest absolute Gasteiger partial charge is 0.338 e. The number of hydrogen-bond donors (Lipinski definition) is 0. The van der Waals surface area contributed by atoms with Gasteiger partial charge in [-0.2, -0.15) is 0 Å². The van der Waals surface area contributed by atoms with Gasteiger partial charge in [-0.3, -0.25) is 9.36 Å². The van der Waals surface area contributed by atoms with Gasteiger partial charge in [-0.25, -0.2) is 9.79 Å². The summed E-state index contributed by atoms with van der Waals surface area (Å²) in [5.41, 5.74) is 3.16. The first kappa shape index (κ1) is 26.7. The van der Waals surface area contributed by atoms with Crippen LogP contribution in [0, 0.1) is 0 Å². The highest BCUT2D eigenvalue weighted by Gasteiger charge is 2.35. The molecule has 1 fully saturated rings. The van der Waals surface area contributed by atoms with Crippen molar-refractivity contribution in [1.29, 1.82) is 0 Å². The molecular formula is C29H31N3O6S. The van der Waals surface area contributed by atoms with Crippen molar-refractivity contribution in [3.05, 3.63) is 84.5 Å². The second-order valence-corrected chi connectivity index (χ2v) is 10.1. The Morgan fingerprint density at radius 1 is 1.13 bits per heavy atom. The number of allylic oxidation sites excluding steroid dienone is 1. The predicted molar refractivity (Wildman–Crippen MR) is 149 cm³/mol. The first-order valence-electron chi connectivity index (χ1n) is 12.8. The summed E-state index contributed by atoms with van der Waals surface area (Å²) < 4.78 is 24.1. The van der Waals surface area contributed by atoms with Gasteiger partial charge in [0.15, 0.2) is 16.3 Å². The number of morpholine rings is 1. The molecule has 0 radical (unpaired) electrons. The Morgan fingerprint density at radius 3 is 2.54 bits per heavy atom. The molecule has 3 aromatic rings. The summed E-state index contributed by atoms with van der Waals surface area (Å²) >= 11 is 1.28. The fourth-order valence-electron chi connectivity index (χ4n) is 4.97. The molecule has 0 N–H and O–H groups in total. The van der Waals surface area contributed by atoms with Crippen LogP contribution in [0.2, 0.25) is 0 Å². The number of hydrogen-bond acceptors (Lipinski definition) is 9. The molecule has 0 amide bonds. The van der Waals surface area contributed by atoms with Crippen LogP contribution in [0.5, 0.6) is 11.5 Å². The Kier molecular flexibility index (Phi) is 7.85. The number of thiazole rings is 1. The Labute approximate surface area is 230 Å². The largest absolute Gasteiger partial charge is 0.493 e. The summed E-state index contributed by atoms with van der Waals surface area (Å²) in [5, 5.41) is 0. The molecule has 0 bridgehead atoms. The quantitative estimate of drug-likeness (QED) is 0.419. The normalized spacial score (nSPS) is 17.5. The van der Waals surface area contributed by atoms with Crippen LogP contribution in [-0.4, -0.2) is 57.7 Å². The van der Waals surface area contributed by atoms with Crippen LogP contribution in [0.15, 0.2) is 63.5 Å².